The van der Waals surface area contributed by atoms with Crippen LogP contribution in [-0.4, -0.2) is 57.0 Å². The Hall–Kier alpha value is -2.79. The lowest BCUT2D eigenvalue weighted by Crippen LogP contribution is -2.43. The van der Waals surface area contributed by atoms with Gasteiger partial charge in [-0.2, -0.15) is 17.5 Å². The number of hydrogen-bond acceptors (Lipinski definition) is 5. The zero-order valence-corrected chi connectivity index (χ0v) is 18.9. The van der Waals surface area contributed by atoms with Crippen LogP contribution in [0.15, 0.2) is 35.2 Å². The highest BCUT2D eigenvalue weighted by atomic mass is 32.2. The van der Waals surface area contributed by atoms with Crippen LogP contribution < -0.4 is 9.47 Å². The zero-order chi connectivity index (χ0) is 24.0. The summed E-state index contributed by atoms with van der Waals surface area (Å²) >= 11 is 0. The van der Waals surface area contributed by atoms with Crippen LogP contribution in [0.25, 0.3) is 0 Å². The summed E-state index contributed by atoms with van der Waals surface area (Å²) in [5.41, 5.74) is 2.90. The van der Waals surface area contributed by atoms with Gasteiger partial charge in [0.15, 0.2) is 11.5 Å². The van der Waals surface area contributed by atoms with Crippen LogP contribution in [0.4, 0.5) is 13.2 Å². The molecule has 7 nitrogen and oxygen atoms in total. The van der Waals surface area contributed by atoms with Crippen molar-refractivity contribution >= 4 is 15.9 Å². The van der Waals surface area contributed by atoms with Crippen LogP contribution in [0.2, 0.25) is 0 Å². The number of methoxy groups -OCH3 is 2. The van der Waals surface area contributed by atoms with Crippen molar-refractivity contribution in [3.8, 4) is 11.5 Å². The Bertz CT molecular complexity index is 1200. The van der Waals surface area contributed by atoms with Crippen molar-refractivity contribution in [1.29, 1.82) is 0 Å². The summed E-state index contributed by atoms with van der Waals surface area (Å²) in [7, 11) is -0.871. The van der Waals surface area contributed by atoms with E-state index in [1.807, 2.05) is 6.07 Å². The third-order valence-corrected chi connectivity index (χ3v) is 7.88. The van der Waals surface area contributed by atoms with Crippen LogP contribution in [0.1, 0.15) is 22.3 Å². The molecule has 0 saturated heterocycles. The number of sulfonamides is 1. The summed E-state index contributed by atoms with van der Waals surface area (Å²) in [4.78, 5) is 12.3. The molecule has 1 amide bonds. The molecule has 0 bridgehead atoms. The molecule has 0 fully saturated rings. The molecule has 0 saturated carbocycles. The second-order valence-electron chi connectivity index (χ2n) is 7.97. The number of hydrogen-bond donors (Lipinski definition) is 0. The molecule has 0 aliphatic carbocycles. The number of fused-ring (bicyclic) bond motifs is 2. The first-order valence-electron chi connectivity index (χ1n) is 10.3. The Labute approximate surface area is 189 Å². The lowest BCUT2D eigenvalue weighted by Gasteiger charge is -2.31. The minimum absolute atomic E-state index is 0.00788. The third-order valence-electron chi connectivity index (χ3n) is 6.04. The SMILES string of the molecule is COc1cc2c(cc1OC)CN(S(=O)(=O)c1ccc3c(c1)CN(C(=O)C(F)(F)F)CC3)CC2. The lowest BCUT2D eigenvalue weighted by atomic mass is 10.00. The van der Waals surface area contributed by atoms with Gasteiger partial charge in [0, 0.05) is 26.2 Å². The number of amides is 1. The Morgan fingerprint density at radius 1 is 0.879 bits per heavy atom. The van der Waals surface area contributed by atoms with E-state index in [-0.39, 0.29) is 37.5 Å². The Morgan fingerprint density at radius 3 is 2.12 bits per heavy atom. The minimum atomic E-state index is -4.97. The molecule has 0 radical (unpaired) electrons. The predicted octanol–water partition coefficient (Wildman–Crippen LogP) is 2.90. The van der Waals surface area contributed by atoms with Crippen molar-refractivity contribution in [3.05, 3.63) is 52.6 Å². The highest BCUT2D eigenvalue weighted by molar-refractivity contribution is 7.89. The first-order chi connectivity index (χ1) is 15.5. The van der Waals surface area contributed by atoms with Crippen LogP contribution in [-0.2, 0) is 40.7 Å². The van der Waals surface area contributed by atoms with Gasteiger partial charge < -0.3 is 14.4 Å². The van der Waals surface area contributed by atoms with E-state index in [0.717, 1.165) is 16.7 Å². The van der Waals surface area contributed by atoms with Gasteiger partial charge in [0.1, 0.15) is 0 Å². The fourth-order valence-electron chi connectivity index (χ4n) is 4.26. The number of nitrogens with zero attached hydrogens (tertiary/aromatic N) is 2. The molecule has 0 spiro atoms. The number of carbonyl (C=O) groups excluding carboxylic acids is 1. The van der Waals surface area contributed by atoms with Gasteiger partial charge in [0.2, 0.25) is 10.0 Å². The van der Waals surface area contributed by atoms with Crippen molar-refractivity contribution < 1.29 is 35.9 Å². The van der Waals surface area contributed by atoms with E-state index < -0.39 is 22.1 Å². The number of alkyl halides is 3. The molecule has 2 heterocycles. The van der Waals surface area contributed by atoms with Gasteiger partial charge in [-0.1, -0.05) is 6.07 Å². The van der Waals surface area contributed by atoms with Gasteiger partial charge in [-0.3, -0.25) is 4.79 Å². The van der Waals surface area contributed by atoms with Crippen LogP contribution >= 0.6 is 0 Å². The van der Waals surface area contributed by atoms with Crippen molar-refractivity contribution in [2.75, 3.05) is 27.3 Å². The predicted molar refractivity (Wildman–Crippen MR) is 112 cm³/mol. The molecule has 0 N–H and O–H groups in total. The van der Waals surface area contributed by atoms with Gasteiger partial charge in [0.25, 0.3) is 0 Å². The van der Waals surface area contributed by atoms with E-state index in [1.165, 1.54) is 30.7 Å². The van der Waals surface area contributed by atoms with Crippen molar-refractivity contribution in [3.63, 3.8) is 0 Å². The molecule has 33 heavy (non-hydrogen) atoms. The van der Waals surface area contributed by atoms with Gasteiger partial charge in [0.05, 0.1) is 19.1 Å². The Morgan fingerprint density at radius 2 is 1.48 bits per heavy atom. The van der Waals surface area contributed by atoms with Crippen LogP contribution in [0, 0.1) is 0 Å². The largest absolute Gasteiger partial charge is 0.493 e. The van der Waals surface area contributed by atoms with Crippen molar-refractivity contribution in [2.24, 2.45) is 0 Å². The smallest absolute Gasteiger partial charge is 0.471 e. The summed E-state index contributed by atoms with van der Waals surface area (Å²) < 4.78 is 77.2. The van der Waals surface area contributed by atoms with Crippen LogP contribution in [0.3, 0.4) is 0 Å². The quantitative estimate of drug-likeness (QED) is 0.667. The second-order valence-corrected chi connectivity index (χ2v) is 9.91. The van der Waals surface area contributed by atoms with Gasteiger partial charge in [-0.05, 0) is 59.4 Å². The lowest BCUT2D eigenvalue weighted by molar-refractivity contribution is -0.186. The number of carbonyl (C=O) groups is 1. The van der Waals surface area contributed by atoms with E-state index in [4.69, 9.17) is 9.47 Å². The first kappa shape index (κ1) is 23.4. The zero-order valence-electron chi connectivity index (χ0n) is 18.1. The summed E-state index contributed by atoms with van der Waals surface area (Å²) in [6.45, 7) is 0.0386. The normalized spacial score (nSPS) is 16.7. The van der Waals surface area contributed by atoms with E-state index in [2.05, 4.69) is 0 Å². The molecule has 2 aliphatic heterocycles. The van der Waals surface area contributed by atoms with Gasteiger partial charge >= 0.3 is 12.1 Å². The Balaban J connectivity index is 1.60. The maximum Gasteiger partial charge on any atom is 0.471 e. The summed E-state index contributed by atoms with van der Waals surface area (Å²) in [5, 5.41) is 0. The molecule has 2 aromatic rings. The molecule has 0 aromatic heterocycles. The maximum absolute atomic E-state index is 13.3. The second kappa shape index (κ2) is 8.53. The highest BCUT2D eigenvalue weighted by Gasteiger charge is 2.43. The summed E-state index contributed by atoms with van der Waals surface area (Å²) in [6, 6.07) is 8.06. The topological polar surface area (TPSA) is 76.2 Å². The highest BCUT2D eigenvalue weighted by Crippen LogP contribution is 2.35. The molecular formula is C22H23F3N2O5S. The minimum Gasteiger partial charge on any atom is -0.493 e. The molecular weight excluding hydrogens is 461 g/mol. The number of rotatable bonds is 4. The molecule has 4 rings (SSSR count). The van der Waals surface area contributed by atoms with Gasteiger partial charge in [-0.15, -0.1) is 0 Å². The molecule has 0 atom stereocenters. The molecule has 0 unspecified atom stereocenters. The number of ether oxygens (including phenoxy) is 2. The van der Waals surface area contributed by atoms with Gasteiger partial charge in [-0.25, -0.2) is 8.42 Å². The standard InChI is InChI=1S/C22H23F3N2O5S/c1-31-19-10-15-6-8-27(13-17(15)11-20(19)32-2)33(29,30)18-4-3-14-5-7-26(12-16(14)9-18)21(28)22(23,24)25/h3-4,9-11H,5-8,12-13H2,1-2H3. The van der Waals surface area contributed by atoms with Crippen LogP contribution in [0.5, 0.6) is 11.5 Å². The van der Waals surface area contributed by atoms with Crippen molar-refractivity contribution in [2.45, 2.75) is 37.0 Å². The molecule has 2 aliphatic rings. The first-order valence-corrected chi connectivity index (χ1v) is 11.7. The molecule has 11 heteroatoms. The fourth-order valence-corrected chi connectivity index (χ4v) is 5.73. The number of benzene rings is 2. The summed E-state index contributed by atoms with van der Waals surface area (Å²) in [6.07, 6.45) is -4.25. The molecule has 2 aromatic carbocycles. The Kier molecular flexibility index (Phi) is 6.04. The third kappa shape index (κ3) is 4.39. The number of halogens is 3. The van der Waals surface area contributed by atoms with E-state index in [0.29, 0.717) is 28.4 Å². The average molecular weight is 484 g/mol. The monoisotopic (exact) mass is 484 g/mol. The van der Waals surface area contributed by atoms with E-state index in [1.54, 1.807) is 12.1 Å². The maximum atomic E-state index is 13.3. The van der Waals surface area contributed by atoms with Crippen molar-refractivity contribution in [1.82, 2.24) is 9.21 Å². The summed E-state index contributed by atoms with van der Waals surface area (Å²) in [5.74, 6) is -0.850. The fraction of sp³-hybridized carbons (Fsp3) is 0.409. The average Bonchev–Trinajstić information content (AvgIpc) is 2.80. The van der Waals surface area contributed by atoms with E-state index in [9.17, 15) is 26.4 Å². The van der Waals surface area contributed by atoms with E-state index >= 15 is 0 Å². The molecule has 178 valence electrons.